The molecule has 1 rings (SSSR count). The fourth-order valence-corrected chi connectivity index (χ4v) is 1.22. The number of morpholine rings is 1. The van der Waals surface area contributed by atoms with Crippen LogP contribution in [0.5, 0.6) is 0 Å². The molecule has 2 N–H and O–H groups in total. The van der Waals surface area contributed by atoms with E-state index < -0.39 is 5.60 Å². The van der Waals surface area contributed by atoms with Crippen LogP contribution in [0.3, 0.4) is 0 Å². The van der Waals surface area contributed by atoms with Crippen LogP contribution in [0.1, 0.15) is 13.8 Å². The Labute approximate surface area is 79.7 Å². The SMILES string of the molecule is CC(C)(O)C#CC[NH+]1CCOCC1. The Kier molecular flexibility index (Phi) is 3.73. The molecule has 0 aromatic rings. The summed E-state index contributed by atoms with van der Waals surface area (Å²) in [6, 6.07) is 0. The van der Waals surface area contributed by atoms with Gasteiger partial charge in [-0.25, -0.2) is 0 Å². The molecule has 1 aliphatic heterocycles. The number of ether oxygens (including phenoxy) is 1. The van der Waals surface area contributed by atoms with Crippen molar-refractivity contribution in [3.63, 3.8) is 0 Å². The van der Waals surface area contributed by atoms with Crippen molar-refractivity contribution in [3.05, 3.63) is 0 Å². The van der Waals surface area contributed by atoms with Gasteiger partial charge in [0.1, 0.15) is 25.2 Å². The number of hydrogen-bond acceptors (Lipinski definition) is 2. The average molecular weight is 184 g/mol. The zero-order chi connectivity index (χ0) is 9.73. The summed E-state index contributed by atoms with van der Waals surface area (Å²) < 4.78 is 5.23. The molecule has 1 aliphatic rings. The predicted molar refractivity (Wildman–Crippen MR) is 50.5 cm³/mol. The zero-order valence-corrected chi connectivity index (χ0v) is 8.39. The van der Waals surface area contributed by atoms with Crippen molar-refractivity contribution in [1.82, 2.24) is 0 Å². The van der Waals surface area contributed by atoms with Gasteiger partial charge >= 0.3 is 0 Å². The third kappa shape index (κ3) is 4.89. The molecule has 0 unspecified atom stereocenters. The van der Waals surface area contributed by atoms with Crippen LogP contribution in [0, 0.1) is 11.8 Å². The van der Waals surface area contributed by atoms with Crippen LogP contribution < -0.4 is 4.90 Å². The number of hydrogen-bond donors (Lipinski definition) is 2. The summed E-state index contributed by atoms with van der Waals surface area (Å²) in [5.74, 6) is 5.82. The molecule has 0 aromatic heterocycles. The van der Waals surface area contributed by atoms with Crippen LogP contribution in [-0.4, -0.2) is 43.6 Å². The molecule has 0 saturated carbocycles. The second-order valence-electron chi connectivity index (χ2n) is 3.90. The van der Waals surface area contributed by atoms with Gasteiger partial charge in [-0.05, 0) is 19.8 Å². The maximum absolute atomic E-state index is 9.34. The lowest BCUT2D eigenvalue weighted by molar-refractivity contribution is -0.900. The van der Waals surface area contributed by atoms with Crippen LogP contribution in [-0.2, 0) is 4.74 Å². The first-order valence-corrected chi connectivity index (χ1v) is 4.72. The highest BCUT2D eigenvalue weighted by Crippen LogP contribution is 1.95. The van der Waals surface area contributed by atoms with Gasteiger partial charge in [0, 0.05) is 0 Å². The molecule has 0 amide bonds. The van der Waals surface area contributed by atoms with Gasteiger partial charge in [-0.2, -0.15) is 0 Å². The Morgan fingerprint density at radius 2 is 2.00 bits per heavy atom. The summed E-state index contributed by atoms with van der Waals surface area (Å²) >= 11 is 0. The first-order chi connectivity index (χ1) is 6.08. The summed E-state index contributed by atoms with van der Waals surface area (Å²) in [7, 11) is 0. The first kappa shape index (κ1) is 10.5. The first-order valence-electron chi connectivity index (χ1n) is 4.72. The van der Waals surface area contributed by atoms with Gasteiger partial charge in [-0.1, -0.05) is 5.92 Å². The summed E-state index contributed by atoms with van der Waals surface area (Å²) in [6.45, 7) is 7.94. The Bertz CT molecular complexity index is 203. The smallest absolute Gasteiger partial charge is 0.139 e. The van der Waals surface area contributed by atoms with E-state index in [0.29, 0.717) is 0 Å². The normalized spacial score (nSPS) is 19.3. The molecule has 3 nitrogen and oxygen atoms in total. The quantitative estimate of drug-likeness (QED) is 0.495. The molecule has 0 atom stereocenters. The fourth-order valence-electron chi connectivity index (χ4n) is 1.22. The van der Waals surface area contributed by atoms with Crippen molar-refractivity contribution in [2.75, 3.05) is 32.8 Å². The topological polar surface area (TPSA) is 33.9 Å². The van der Waals surface area contributed by atoms with Crippen LogP contribution >= 0.6 is 0 Å². The van der Waals surface area contributed by atoms with Crippen LogP contribution in [0.25, 0.3) is 0 Å². The van der Waals surface area contributed by atoms with E-state index in [4.69, 9.17) is 4.74 Å². The standard InChI is InChI=1S/C10H17NO2/c1-10(2,12)4-3-5-11-6-8-13-9-7-11/h12H,5-9H2,1-2H3/p+1. The minimum atomic E-state index is -0.855. The summed E-state index contributed by atoms with van der Waals surface area (Å²) in [5.41, 5.74) is -0.855. The van der Waals surface area contributed by atoms with Crippen molar-refractivity contribution < 1.29 is 14.7 Å². The average Bonchev–Trinajstić information content (AvgIpc) is 2.04. The summed E-state index contributed by atoms with van der Waals surface area (Å²) in [5, 5.41) is 9.34. The van der Waals surface area contributed by atoms with Crippen molar-refractivity contribution in [1.29, 1.82) is 0 Å². The van der Waals surface area contributed by atoms with Crippen LogP contribution in [0.4, 0.5) is 0 Å². The van der Waals surface area contributed by atoms with Gasteiger partial charge in [-0.15, -0.1) is 0 Å². The van der Waals surface area contributed by atoms with E-state index in [1.165, 1.54) is 4.90 Å². The Morgan fingerprint density at radius 1 is 1.38 bits per heavy atom. The van der Waals surface area contributed by atoms with Crippen molar-refractivity contribution in [2.24, 2.45) is 0 Å². The van der Waals surface area contributed by atoms with Gasteiger partial charge in [-0.3, -0.25) is 0 Å². The number of quaternary nitrogens is 1. The van der Waals surface area contributed by atoms with Crippen LogP contribution in [0.2, 0.25) is 0 Å². The largest absolute Gasteiger partial charge is 0.378 e. The maximum Gasteiger partial charge on any atom is 0.139 e. The molecule has 0 spiro atoms. The number of nitrogens with one attached hydrogen (secondary N) is 1. The van der Waals surface area contributed by atoms with Gasteiger partial charge in [0.05, 0.1) is 13.2 Å². The van der Waals surface area contributed by atoms with E-state index in [1.807, 2.05) is 0 Å². The summed E-state index contributed by atoms with van der Waals surface area (Å²) in [4.78, 5) is 1.45. The zero-order valence-electron chi connectivity index (χ0n) is 8.39. The molecule has 3 heteroatoms. The molecular formula is C10H18NO2+. The molecule has 13 heavy (non-hydrogen) atoms. The van der Waals surface area contributed by atoms with Gasteiger partial charge < -0.3 is 14.7 Å². The van der Waals surface area contributed by atoms with E-state index in [2.05, 4.69) is 11.8 Å². The second kappa shape index (κ2) is 4.61. The van der Waals surface area contributed by atoms with Gasteiger partial charge in [0.15, 0.2) is 0 Å². The van der Waals surface area contributed by atoms with E-state index in [1.54, 1.807) is 13.8 Å². The molecule has 74 valence electrons. The van der Waals surface area contributed by atoms with Gasteiger partial charge in [0.25, 0.3) is 0 Å². The van der Waals surface area contributed by atoms with E-state index in [0.717, 1.165) is 32.8 Å². The minimum absolute atomic E-state index is 0.813. The maximum atomic E-state index is 9.34. The highest BCUT2D eigenvalue weighted by atomic mass is 16.5. The molecule has 0 radical (unpaired) electrons. The molecule has 1 fully saturated rings. The van der Waals surface area contributed by atoms with Crippen molar-refractivity contribution in [2.45, 2.75) is 19.4 Å². The third-order valence-corrected chi connectivity index (χ3v) is 1.93. The molecule has 1 saturated heterocycles. The number of aliphatic hydroxyl groups is 1. The second-order valence-corrected chi connectivity index (χ2v) is 3.90. The Balaban J connectivity index is 2.27. The number of rotatable bonds is 1. The van der Waals surface area contributed by atoms with Crippen LogP contribution in [0.15, 0.2) is 0 Å². The van der Waals surface area contributed by atoms with Gasteiger partial charge in [0.2, 0.25) is 0 Å². The van der Waals surface area contributed by atoms with E-state index in [-0.39, 0.29) is 0 Å². The third-order valence-electron chi connectivity index (χ3n) is 1.93. The Hall–Kier alpha value is -0.560. The lowest BCUT2D eigenvalue weighted by Crippen LogP contribution is -3.14. The molecule has 0 bridgehead atoms. The molecule has 0 aromatic carbocycles. The highest BCUT2D eigenvalue weighted by Gasteiger charge is 2.12. The monoisotopic (exact) mass is 184 g/mol. The lowest BCUT2D eigenvalue weighted by atomic mass is 10.1. The molecule has 0 aliphatic carbocycles. The summed E-state index contributed by atoms with van der Waals surface area (Å²) in [6.07, 6.45) is 0. The van der Waals surface area contributed by atoms with Crippen molar-refractivity contribution in [3.8, 4) is 11.8 Å². The van der Waals surface area contributed by atoms with Crippen molar-refractivity contribution >= 4 is 0 Å². The van der Waals surface area contributed by atoms with E-state index in [9.17, 15) is 5.11 Å². The Morgan fingerprint density at radius 3 is 2.54 bits per heavy atom. The fraction of sp³-hybridized carbons (Fsp3) is 0.800. The highest BCUT2D eigenvalue weighted by molar-refractivity contribution is 5.09. The van der Waals surface area contributed by atoms with E-state index >= 15 is 0 Å². The molecule has 1 heterocycles. The minimum Gasteiger partial charge on any atom is -0.378 e. The lowest BCUT2D eigenvalue weighted by Gasteiger charge is -2.21. The predicted octanol–water partition coefficient (Wildman–Crippen LogP) is -1.32. The molecular weight excluding hydrogens is 166 g/mol.